The minimum absolute atomic E-state index is 0.0412. The number of rotatable bonds is 1. The van der Waals surface area contributed by atoms with Crippen LogP contribution >= 0.6 is 0 Å². The zero-order valence-electron chi connectivity index (χ0n) is 13.6. The Hall–Kier alpha value is -2.16. The molecule has 1 saturated carbocycles. The van der Waals surface area contributed by atoms with Crippen LogP contribution < -0.4 is 4.90 Å². The third-order valence-electron chi connectivity index (χ3n) is 6.13. The molecule has 2 saturated heterocycles. The summed E-state index contributed by atoms with van der Waals surface area (Å²) in [7, 11) is 0. The predicted octanol–water partition coefficient (Wildman–Crippen LogP) is 4.81. The smallest absolute Gasteiger partial charge is 0.194 e. The Balaban J connectivity index is 1.56. The van der Waals surface area contributed by atoms with Crippen LogP contribution in [0.4, 0.5) is 10.1 Å². The monoisotopic (exact) mass is 321 g/mol. The molecule has 3 fully saturated rings. The molecule has 0 atom stereocenters. The SMILES string of the molecule is O=C1c2cc(F)ccc2-c2ccc(N3CCC4CCC3CC4)cc21. The van der Waals surface area contributed by atoms with Crippen molar-refractivity contribution in [1.29, 1.82) is 0 Å². The summed E-state index contributed by atoms with van der Waals surface area (Å²) in [4.78, 5) is 15.2. The third kappa shape index (κ3) is 2.03. The Morgan fingerprint density at radius 1 is 0.833 bits per heavy atom. The van der Waals surface area contributed by atoms with E-state index in [-0.39, 0.29) is 11.6 Å². The summed E-state index contributed by atoms with van der Waals surface area (Å²) in [6.07, 6.45) is 6.47. The highest BCUT2D eigenvalue weighted by atomic mass is 19.1. The standard InChI is InChI=1S/C21H20FNO/c22-14-3-7-17-18-8-6-16(12-20(18)21(24)19(17)11-14)23-10-9-13-1-4-15(23)5-2-13/h3,6-8,11-13,15H,1-2,4-5,9-10H2. The van der Waals surface area contributed by atoms with Crippen molar-refractivity contribution in [1.82, 2.24) is 0 Å². The summed E-state index contributed by atoms with van der Waals surface area (Å²) in [5.41, 5.74) is 4.19. The average molecular weight is 321 g/mol. The van der Waals surface area contributed by atoms with Gasteiger partial charge in [-0.3, -0.25) is 4.79 Å². The maximum Gasteiger partial charge on any atom is 0.194 e. The molecule has 122 valence electrons. The second kappa shape index (κ2) is 5.17. The van der Waals surface area contributed by atoms with Crippen LogP contribution in [0.25, 0.3) is 11.1 Å². The molecule has 0 aromatic heterocycles. The molecule has 0 N–H and O–H groups in total. The maximum atomic E-state index is 13.5. The molecule has 24 heavy (non-hydrogen) atoms. The van der Waals surface area contributed by atoms with Gasteiger partial charge in [-0.05, 0) is 73.4 Å². The minimum atomic E-state index is -0.348. The van der Waals surface area contributed by atoms with E-state index in [1.54, 1.807) is 6.07 Å². The number of carbonyl (C=O) groups is 1. The number of carbonyl (C=O) groups excluding carboxylic acids is 1. The highest BCUT2D eigenvalue weighted by Crippen LogP contribution is 2.41. The molecule has 6 rings (SSSR count). The molecule has 2 aromatic rings. The van der Waals surface area contributed by atoms with Gasteiger partial charge in [-0.1, -0.05) is 12.1 Å². The zero-order chi connectivity index (χ0) is 16.3. The molecule has 2 nitrogen and oxygen atoms in total. The molecule has 2 bridgehead atoms. The summed E-state index contributed by atoms with van der Waals surface area (Å²) >= 11 is 0. The minimum Gasteiger partial charge on any atom is -0.369 e. The Morgan fingerprint density at radius 3 is 2.33 bits per heavy atom. The van der Waals surface area contributed by atoms with Crippen LogP contribution in [0.5, 0.6) is 0 Å². The van der Waals surface area contributed by atoms with Crippen molar-refractivity contribution >= 4 is 11.5 Å². The molecule has 4 aliphatic rings. The van der Waals surface area contributed by atoms with Gasteiger partial charge in [-0.25, -0.2) is 4.39 Å². The first-order valence-corrected chi connectivity index (χ1v) is 8.96. The van der Waals surface area contributed by atoms with Crippen LogP contribution in [0, 0.1) is 11.7 Å². The summed E-state index contributed by atoms with van der Waals surface area (Å²) in [6.45, 7) is 1.09. The summed E-state index contributed by atoms with van der Waals surface area (Å²) in [6, 6.07) is 11.4. The van der Waals surface area contributed by atoms with Crippen LogP contribution in [0.3, 0.4) is 0 Å². The number of hydrogen-bond donors (Lipinski definition) is 0. The molecule has 2 aromatic carbocycles. The average Bonchev–Trinajstić information content (AvgIpc) is 2.80. The first-order chi connectivity index (χ1) is 11.7. The lowest BCUT2D eigenvalue weighted by Crippen LogP contribution is -2.34. The van der Waals surface area contributed by atoms with Crippen molar-refractivity contribution in [3.05, 3.63) is 53.3 Å². The van der Waals surface area contributed by atoms with Crippen molar-refractivity contribution in [2.24, 2.45) is 5.92 Å². The molecule has 0 amide bonds. The van der Waals surface area contributed by atoms with Gasteiger partial charge < -0.3 is 4.90 Å². The van der Waals surface area contributed by atoms with Gasteiger partial charge >= 0.3 is 0 Å². The largest absolute Gasteiger partial charge is 0.369 e. The highest BCUT2D eigenvalue weighted by Gasteiger charge is 2.32. The number of anilines is 1. The van der Waals surface area contributed by atoms with E-state index in [1.165, 1.54) is 44.2 Å². The van der Waals surface area contributed by atoms with Crippen LogP contribution in [0.1, 0.15) is 48.0 Å². The van der Waals surface area contributed by atoms with E-state index in [4.69, 9.17) is 0 Å². The molecule has 0 spiro atoms. The van der Waals surface area contributed by atoms with Crippen molar-refractivity contribution in [3.63, 3.8) is 0 Å². The van der Waals surface area contributed by atoms with E-state index in [9.17, 15) is 9.18 Å². The molecule has 2 heterocycles. The Kier molecular flexibility index (Phi) is 3.06. The topological polar surface area (TPSA) is 20.3 Å². The molecule has 3 heteroatoms. The molecule has 0 unspecified atom stereocenters. The van der Waals surface area contributed by atoms with Gasteiger partial charge in [0.15, 0.2) is 5.78 Å². The van der Waals surface area contributed by atoms with Crippen LogP contribution in [0.15, 0.2) is 36.4 Å². The molecular formula is C21H20FNO. The normalized spacial score (nSPS) is 24.7. The highest BCUT2D eigenvalue weighted by molar-refractivity contribution is 6.22. The van der Waals surface area contributed by atoms with E-state index in [0.29, 0.717) is 11.6 Å². The van der Waals surface area contributed by atoms with Gasteiger partial charge in [0, 0.05) is 29.4 Å². The second-order valence-electron chi connectivity index (χ2n) is 7.41. The van der Waals surface area contributed by atoms with Gasteiger partial charge in [-0.15, -0.1) is 0 Å². The van der Waals surface area contributed by atoms with E-state index in [0.717, 1.165) is 34.8 Å². The lowest BCUT2D eigenvalue weighted by Gasteiger charge is -2.33. The Labute approximate surface area is 141 Å². The maximum absolute atomic E-state index is 13.5. The second-order valence-corrected chi connectivity index (χ2v) is 7.41. The van der Waals surface area contributed by atoms with E-state index in [2.05, 4.69) is 11.0 Å². The van der Waals surface area contributed by atoms with Gasteiger partial charge in [0.1, 0.15) is 5.82 Å². The van der Waals surface area contributed by atoms with Crippen LogP contribution in [-0.4, -0.2) is 18.4 Å². The zero-order valence-corrected chi connectivity index (χ0v) is 13.6. The molecule has 2 aliphatic heterocycles. The molecular weight excluding hydrogens is 301 g/mol. The number of benzene rings is 2. The molecule has 2 aliphatic carbocycles. The fourth-order valence-corrected chi connectivity index (χ4v) is 4.81. The van der Waals surface area contributed by atoms with E-state index < -0.39 is 0 Å². The number of fused-ring (bicyclic) bond motifs is 7. The summed E-state index contributed by atoms with van der Waals surface area (Å²) in [5.74, 6) is 0.495. The Morgan fingerprint density at radius 2 is 1.54 bits per heavy atom. The number of halogens is 1. The lowest BCUT2D eigenvalue weighted by molar-refractivity contribution is 0.104. The summed E-state index contributed by atoms with van der Waals surface area (Å²) in [5, 5.41) is 0. The lowest BCUT2D eigenvalue weighted by atomic mass is 9.86. The number of nitrogens with zero attached hydrogens (tertiary/aromatic N) is 1. The fourth-order valence-electron chi connectivity index (χ4n) is 4.81. The van der Waals surface area contributed by atoms with Crippen LogP contribution in [0.2, 0.25) is 0 Å². The van der Waals surface area contributed by atoms with Gasteiger partial charge in [-0.2, -0.15) is 0 Å². The van der Waals surface area contributed by atoms with E-state index in [1.807, 2.05) is 12.1 Å². The van der Waals surface area contributed by atoms with Gasteiger partial charge in [0.25, 0.3) is 0 Å². The van der Waals surface area contributed by atoms with Crippen molar-refractivity contribution in [3.8, 4) is 11.1 Å². The summed E-state index contributed by atoms with van der Waals surface area (Å²) < 4.78 is 13.5. The van der Waals surface area contributed by atoms with Crippen molar-refractivity contribution in [2.45, 2.75) is 38.1 Å². The van der Waals surface area contributed by atoms with Gasteiger partial charge in [0.2, 0.25) is 0 Å². The third-order valence-corrected chi connectivity index (χ3v) is 6.13. The first-order valence-electron chi connectivity index (χ1n) is 8.96. The molecule has 0 radical (unpaired) electrons. The van der Waals surface area contributed by atoms with Crippen LogP contribution in [-0.2, 0) is 0 Å². The van der Waals surface area contributed by atoms with Crippen molar-refractivity contribution < 1.29 is 9.18 Å². The quantitative estimate of drug-likeness (QED) is 0.641. The number of hydrogen-bond acceptors (Lipinski definition) is 2. The first kappa shape index (κ1) is 14.2. The fraction of sp³-hybridized carbons (Fsp3) is 0.381. The Bertz CT molecular complexity index is 836. The van der Waals surface area contributed by atoms with Crippen molar-refractivity contribution in [2.75, 3.05) is 11.4 Å². The predicted molar refractivity (Wildman–Crippen MR) is 93.0 cm³/mol. The van der Waals surface area contributed by atoms with E-state index >= 15 is 0 Å². The number of ketones is 1. The van der Waals surface area contributed by atoms with Gasteiger partial charge in [0.05, 0.1) is 0 Å².